The number of aryl methyl sites for hydroxylation is 1. The number of aromatic amines is 1. The van der Waals surface area contributed by atoms with Crippen LogP contribution in [0.2, 0.25) is 0 Å². The Hall–Kier alpha value is -2.83. The molecule has 0 unspecified atom stereocenters. The van der Waals surface area contributed by atoms with Crippen LogP contribution in [0.5, 0.6) is 0 Å². The number of H-pyrrole nitrogens is 1. The third-order valence-corrected chi connectivity index (χ3v) is 5.72. The first-order valence-electron chi connectivity index (χ1n) is 10.6. The van der Waals surface area contributed by atoms with E-state index in [0.29, 0.717) is 5.56 Å². The van der Waals surface area contributed by atoms with Crippen molar-refractivity contribution in [1.29, 1.82) is 0 Å². The van der Waals surface area contributed by atoms with Crippen molar-refractivity contribution in [2.24, 2.45) is 0 Å². The number of nitrogens with one attached hydrogen (secondary N) is 2. The molecule has 158 valence electrons. The number of ether oxygens (including phenoxy) is 1. The van der Waals surface area contributed by atoms with E-state index in [1.165, 1.54) is 0 Å². The van der Waals surface area contributed by atoms with Gasteiger partial charge in [0.1, 0.15) is 6.61 Å². The van der Waals surface area contributed by atoms with Crippen LogP contribution in [-0.4, -0.2) is 53.2 Å². The fourth-order valence-electron chi connectivity index (χ4n) is 4.00. The van der Waals surface area contributed by atoms with Gasteiger partial charge in [-0.3, -0.25) is 0 Å². The number of benzene rings is 2. The topological polar surface area (TPSA) is 77.6 Å². The molecule has 6 heteroatoms. The molecule has 0 radical (unpaired) electrons. The smallest absolute Gasteiger partial charge is 0.340 e. The molecule has 3 N–H and O–H groups in total. The molecule has 2 heterocycles. The molecule has 0 saturated carbocycles. The molecule has 30 heavy (non-hydrogen) atoms. The highest BCUT2D eigenvalue weighted by molar-refractivity contribution is 6.06. The fraction of sp³-hybridized carbons (Fsp3) is 0.375. The van der Waals surface area contributed by atoms with Gasteiger partial charge in [0.2, 0.25) is 0 Å². The number of aliphatic hydroxyl groups is 1. The van der Waals surface area contributed by atoms with Crippen molar-refractivity contribution in [3.63, 3.8) is 0 Å². The first-order chi connectivity index (χ1) is 14.6. The molecule has 1 fully saturated rings. The van der Waals surface area contributed by atoms with Crippen LogP contribution >= 0.6 is 0 Å². The molecule has 0 amide bonds. The van der Waals surface area contributed by atoms with E-state index in [2.05, 4.69) is 15.2 Å². The maximum Gasteiger partial charge on any atom is 0.340 e. The second kappa shape index (κ2) is 9.32. The number of aliphatic hydroxyl groups excluding tert-OH is 1. The van der Waals surface area contributed by atoms with E-state index < -0.39 is 0 Å². The third kappa shape index (κ3) is 4.83. The highest BCUT2D eigenvalue weighted by Gasteiger charge is 2.19. The van der Waals surface area contributed by atoms with Crippen molar-refractivity contribution in [3.8, 4) is 0 Å². The lowest BCUT2D eigenvalue weighted by molar-refractivity contribution is 0.0474. The second-order valence-electron chi connectivity index (χ2n) is 7.95. The van der Waals surface area contributed by atoms with Crippen LogP contribution < -0.4 is 5.32 Å². The Bertz CT molecular complexity index is 992. The number of anilines is 1. The quantitative estimate of drug-likeness (QED) is 0.521. The van der Waals surface area contributed by atoms with E-state index in [4.69, 9.17) is 4.74 Å². The zero-order valence-electron chi connectivity index (χ0n) is 17.4. The Labute approximate surface area is 176 Å². The van der Waals surface area contributed by atoms with Gasteiger partial charge < -0.3 is 25.0 Å². The van der Waals surface area contributed by atoms with Crippen molar-refractivity contribution in [2.75, 3.05) is 31.5 Å². The van der Waals surface area contributed by atoms with Crippen LogP contribution in [0.15, 0.2) is 48.5 Å². The molecular formula is C24H29N3O3. The highest BCUT2D eigenvalue weighted by Crippen LogP contribution is 2.26. The number of rotatable bonds is 7. The van der Waals surface area contributed by atoms with Crippen molar-refractivity contribution in [2.45, 2.75) is 32.5 Å². The summed E-state index contributed by atoms with van der Waals surface area (Å²) >= 11 is 0. The van der Waals surface area contributed by atoms with E-state index >= 15 is 0 Å². The van der Waals surface area contributed by atoms with Gasteiger partial charge in [-0.15, -0.1) is 0 Å². The summed E-state index contributed by atoms with van der Waals surface area (Å²) in [5.74, 6) is -0.313. The van der Waals surface area contributed by atoms with Crippen molar-refractivity contribution in [1.82, 2.24) is 9.88 Å². The molecule has 0 aliphatic carbocycles. The predicted octanol–water partition coefficient (Wildman–Crippen LogP) is 3.70. The minimum atomic E-state index is -0.313. The van der Waals surface area contributed by atoms with Gasteiger partial charge in [0, 0.05) is 48.5 Å². The van der Waals surface area contributed by atoms with Gasteiger partial charge in [0.25, 0.3) is 0 Å². The van der Waals surface area contributed by atoms with Crippen molar-refractivity contribution >= 4 is 22.6 Å². The van der Waals surface area contributed by atoms with Gasteiger partial charge in [0.05, 0.1) is 11.7 Å². The average molecular weight is 408 g/mol. The maximum absolute atomic E-state index is 12.8. The number of fused-ring (bicyclic) bond motifs is 1. The minimum Gasteiger partial charge on any atom is -0.457 e. The van der Waals surface area contributed by atoms with Crippen LogP contribution in [0, 0.1) is 6.92 Å². The number of carbonyl (C=O) groups excluding carboxylic acids is 1. The molecular weight excluding hydrogens is 378 g/mol. The largest absolute Gasteiger partial charge is 0.457 e. The number of aromatic nitrogens is 1. The minimum absolute atomic E-state index is 0.145. The molecule has 3 aromatic rings. The summed E-state index contributed by atoms with van der Waals surface area (Å²) in [7, 11) is 0. The van der Waals surface area contributed by atoms with Gasteiger partial charge >= 0.3 is 5.97 Å². The van der Waals surface area contributed by atoms with E-state index in [9.17, 15) is 9.90 Å². The number of carbonyl (C=O) groups is 1. The van der Waals surface area contributed by atoms with Crippen molar-refractivity contribution < 1.29 is 14.6 Å². The summed E-state index contributed by atoms with van der Waals surface area (Å²) in [5.41, 5.74) is 4.28. The zero-order chi connectivity index (χ0) is 20.9. The fourth-order valence-corrected chi connectivity index (χ4v) is 4.00. The lowest BCUT2D eigenvalue weighted by Crippen LogP contribution is -2.38. The van der Waals surface area contributed by atoms with E-state index in [-0.39, 0.29) is 18.7 Å². The van der Waals surface area contributed by atoms with Crippen LogP contribution in [0.25, 0.3) is 10.9 Å². The van der Waals surface area contributed by atoms with Gasteiger partial charge in [-0.1, -0.05) is 30.3 Å². The summed E-state index contributed by atoms with van der Waals surface area (Å²) in [4.78, 5) is 18.4. The molecule has 1 aliphatic heterocycles. The molecule has 0 atom stereocenters. The summed E-state index contributed by atoms with van der Waals surface area (Å²) < 4.78 is 5.56. The monoisotopic (exact) mass is 407 g/mol. The Balaban J connectivity index is 1.41. The summed E-state index contributed by atoms with van der Waals surface area (Å²) in [5, 5.41) is 14.0. The molecule has 0 bridgehead atoms. The van der Waals surface area contributed by atoms with Crippen LogP contribution in [0.1, 0.15) is 34.5 Å². The van der Waals surface area contributed by atoms with E-state index in [1.54, 1.807) is 0 Å². The van der Waals surface area contributed by atoms with Crippen LogP contribution in [0.3, 0.4) is 0 Å². The lowest BCUT2D eigenvalue weighted by atomic mass is 10.1. The predicted molar refractivity (Wildman–Crippen MR) is 119 cm³/mol. The molecule has 1 aliphatic rings. The average Bonchev–Trinajstić information content (AvgIpc) is 3.09. The summed E-state index contributed by atoms with van der Waals surface area (Å²) in [6, 6.07) is 15.7. The molecule has 1 aromatic heterocycles. The highest BCUT2D eigenvalue weighted by atomic mass is 16.5. The molecule has 1 saturated heterocycles. The zero-order valence-corrected chi connectivity index (χ0v) is 17.4. The third-order valence-electron chi connectivity index (χ3n) is 5.72. The summed E-state index contributed by atoms with van der Waals surface area (Å²) in [6.07, 6.45) is 1.56. The van der Waals surface area contributed by atoms with Gasteiger partial charge in [-0.2, -0.15) is 0 Å². The Kier molecular flexibility index (Phi) is 6.35. The van der Waals surface area contributed by atoms with Crippen molar-refractivity contribution in [3.05, 3.63) is 65.4 Å². The maximum atomic E-state index is 12.8. The molecule has 0 spiro atoms. The Morgan fingerprint density at radius 1 is 1.20 bits per heavy atom. The Morgan fingerprint density at radius 2 is 1.97 bits per heavy atom. The standard InChI is InChI=1S/C24H29N3O3/c1-17-23(24(29)30-16-18-5-3-2-4-6-18)21-15-19(7-8-22(21)26-17)25-11-14-27-12-9-20(28)10-13-27/h2-8,15,20,25-26,28H,9-14,16H2,1H3. The number of hydrogen-bond acceptors (Lipinski definition) is 5. The van der Waals surface area contributed by atoms with Gasteiger partial charge in [-0.05, 0) is 43.5 Å². The SMILES string of the molecule is Cc1[nH]c2ccc(NCCN3CCC(O)CC3)cc2c1C(=O)OCc1ccccc1. The van der Waals surface area contributed by atoms with E-state index in [1.807, 2.05) is 55.5 Å². The van der Waals surface area contributed by atoms with E-state index in [0.717, 1.165) is 66.9 Å². The normalized spacial score (nSPS) is 15.4. The first-order valence-corrected chi connectivity index (χ1v) is 10.6. The number of hydrogen-bond donors (Lipinski definition) is 3. The van der Waals surface area contributed by atoms with Gasteiger partial charge in [-0.25, -0.2) is 4.79 Å². The molecule has 6 nitrogen and oxygen atoms in total. The first kappa shape index (κ1) is 20.4. The Morgan fingerprint density at radius 3 is 2.73 bits per heavy atom. The summed E-state index contributed by atoms with van der Waals surface area (Å²) in [6.45, 7) is 5.79. The lowest BCUT2D eigenvalue weighted by Gasteiger charge is -2.29. The number of piperidine rings is 1. The number of esters is 1. The molecule has 2 aromatic carbocycles. The van der Waals surface area contributed by atoms with Crippen LogP contribution in [-0.2, 0) is 11.3 Å². The second-order valence-corrected chi connectivity index (χ2v) is 7.95. The van der Waals surface area contributed by atoms with Crippen LogP contribution in [0.4, 0.5) is 5.69 Å². The molecule has 4 rings (SSSR count). The van der Waals surface area contributed by atoms with Gasteiger partial charge in [0.15, 0.2) is 0 Å². The number of nitrogens with zero attached hydrogens (tertiary/aromatic N) is 1. The number of likely N-dealkylation sites (tertiary alicyclic amines) is 1.